The summed E-state index contributed by atoms with van der Waals surface area (Å²) in [6.07, 6.45) is 2.58. The van der Waals surface area contributed by atoms with Crippen LogP contribution in [0.4, 0.5) is 4.39 Å². The van der Waals surface area contributed by atoms with Crippen molar-refractivity contribution in [2.75, 3.05) is 40.4 Å². The number of alkyl halides is 1. The van der Waals surface area contributed by atoms with Gasteiger partial charge in [0.1, 0.15) is 11.8 Å². The van der Waals surface area contributed by atoms with Gasteiger partial charge in [0, 0.05) is 74.0 Å². The van der Waals surface area contributed by atoms with Crippen molar-refractivity contribution in [3.63, 3.8) is 0 Å². The zero-order valence-electron chi connectivity index (χ0n) is 37.5. The zero-order chi connectivity index (χ0) is 44.5. The number of aromatic nitrogens is 2. The number of hydrazine groups is 1. The number of benzene rings is 2. The van der Waals surface area contributed by atoms with Crippen LogP contribution in [-0.4, -0.2) is 106 Å². The molecule has 5 heterocycles. The molecule has 3 aliphatic rings. The number of nitrogens with one attached hydrogen (secondary N) is 3. The number of phenols is 1. The van der Waals surface area contributed by atoms with Gasteiger partial charge in [-0.3, -0.25) is 24.5 Å². The highest BCUT2D eigenvalue weighted by atomic mass is 19.1. The second-order valence-electron chi connectivity index (χ2n) is 18.4. The van der Waals surface area contributed by atoms with Crippen molar-refractivity contribution in [2.45, 2.75) is 117 Å². The van der Waals surface area contributed by atoms with Gasteiger partial charge < -0.3 is 25.0 Å². The summed E-state index contributed by atoms with van der Waals surface area (Å²) in [5.41, 5.74) is 9.59. The van der Waals surface area contributed by atoms with Crippen LogP contribution in [0.25, 0.3) is 33.3 Å². The van der Waals surface area contributed by atoms with Crippen LogP contribution >= 0.6 is 0 Å². The monoisotopic (exact) mass is 855 g/mol. The maximum atomic E-state index is 16.4. The van der Waals surface area contributed by atoms with Crippen molar-refractivity contribution in [3.05, 3.63) is 76.5 Å². The van der Waals surface area contributed by atoms with Crippen molar-refractivity contribution >= 4 is 22.7 Å². The Bertz CT molecular complexity index is 2290. The predicted molar refractivity (Wildman–Crippen MR) is 236 cm³/mol. The average molecular weight is 856 g/mol. The van der Waals surface area contributed by atoms with E-state index in [2.05, 4.69) is 59.6 Å². The lowest BCUT2D eigenvalue weighted by Gasteiger charge is -2.43. The number of rotatable bonds is 9. The topological polar surface area (TPSA) is 153 Å². The van der Waals surface area contributed by atoms with Crippen LogP contribution in [0.3, 0.4) is 0 Å². The molecule has 2 fully saturated rings. The smallest absolute Gasteiger partial charge is 0.326 e. The molecule has 334 valence electrons. The first-order chi connectivity index (χ1) is 29.5. The van der Waals surface area contributed by atoms with Crippen molar-refractivity contribution in [3.8, 4) is 28.1 Å². The molecule has 4 N–H and O–H groups in total. The molecule has 14 nitrogen and oxygen atoms in total. The van der Waals surface area contributed by atoms with Gasteiger partial charge in [0.25, 0.3) is 5.91 Å². The number of phenolic OH excluding ortho intramolecular Hbond substituents is 1. The Kier molecular flexibility index (Phi) is 13.4. The highest BCUT2D eigenvalue weighted by Gasteiger charge is 2.45. The van der Waals surface area contributed by atoms with Crippen molar-refractivity contribution < 1.29 is 33.6 Å². The van der Waals surface area contributed by atoms with Gasteiger partial charge in [-0.25, -0.2) is 9.23 Å². The molecule has 0 radical (unpaired) electrons. The summed E-state index contributed by atoms with van der Waals surface area (Å²) in [6, 6.07) is 13.5. The fourth-order valence-corrected chi connectivity index (χ4v) is 9.59. The Hall–Kier alpha value is -4.96. The molecule has 0 saturated carbocycles. The number of halogens is 1. The lowest BCUT2D eigenvalue weighted by Crippen LogP contribution is -2.63. The third kappa shape index (κ3) is 9.22. The number of carbonyl (C=O) groups is 2. The van der Waals surface area contributed by atoms with Gasteiger partial charge in [0.05, 0.1) is 28.4 Å². The lowest BCUT2D eigenvalue weighted by molar-refractivity contribution is -0.835. The molecule has 6 bridgehead atoms. The fraction of sp³-hybridized carbons (Fsp3) is 0.553. The molecule has 4 atom stereocenters. The van der Waals surface area contributed by atoms with E-state index in [9.17, 15) is 19.6 Å². The van der Waals surface area contributed by atoms with Crippen LogP contribution in [0.2, 0.25) is 0 Å². The lowest BCUT2D eigenvalue weighted by atomic mass is 9.84. The number of aryl methyl sites for hydroxylation is 1. The first-order valence-electron chi connectivity index (χ1n) is 22.1. The molecule has 2 saturated heterocycles. The SMILES string of the molecule is CCn1c(-c2cccnc2[C@H](C)OC)c2c3cc(ccc31)-c1cc(O)cc(c1)CC(NC(=O)[C@H](C(C)C)N(C)C1(F)CCNCC1)C(=O)N1CCC[C@H](N1)[N+](=O)OCC(C)(C)C2. The number of carbonyl (C=O) groups excluding carboxylic acids is 2. The minimum Gasteiger partial charge on any atom is -0.508 e. The van der Waals surface area contributed by atoms with Crippen LogP contribution in [-0.2, 0) is 38.5 Å². The molecular formula is C47H64FN8O6+. The summed E-state index contributed by atoms with van der Waals surface area (Å²) in [6.45, 7) is 14.0. The number of nitrogens with zero attached hydrogens (tertiary/aromatic N) is 5. The largest absolute Gasteiger partial charge is 0.508 e. The Balaban J connectivity index is 1.35. The van der Waals surface area contributed by atoms with E-state index >= 15 is 4.39 Å². The molecular weight excluding hydrogens is 792 g/mol. The van der Waals surface area contributed by atoms with E-state index in [1.165, 1.54) is 9.91 Å². The molecule has 2 aromatic heterocycles. The van der Waals surface area contributed by atoms with Crippen LogP contribution in [0.1, 0.15) is 90.2 Å². The Labute approximate surface area is 364 Å². The van der Waals surface area contributed by atoms with Gasteiger partial charge in [-0.15, -0.1) is 0 Å². The van der Waals surface area contributed by atoms with Gasteiger partial charge in [-0.1, -0.05) is 39.8 Å². The number of ether oxygens (including phenoxy) is 1. The van der Waals surface area contributed by atoms with Gasteiger partial charge in [-0.05, 0) is 111 Å². The molecule has 0 spiro atoms. The van der Waals surface area contributed by atoms with Crippen LogP contribution in [0.15, 0.2) is 54.7 Å². The normalized spacial score (nSPS) is 21.7. The van der Waals surface area contributed by atoms with E-state index in [4.69, 9.17) is 14.6 Å². The number of hydrogen-bond acceptors (Lipinski definition) is 10. The molecule has 15 heteroatoms. The Morgan fingerprint density at radius 2 is 1.90 bits per heavy atom. The summed E-state index contributed by atoms with van der Waals surface area (Å²) >= 11 is 0. The second-order valence-corrected chi connectivity index (χ2v) is 18.4. The highest BCUT2D eigenvalue weighted by Crippen LogP contribution is 2.42. The molecule has 2 aromatic carbocycles. The molecule has 0 aliphatic carbocycles. The number of likely N-dealkylation sites (N-methyl/N-ethyl adjacent to an activating group) is 1. The van der Waals surface area contributed by atoms with Crippen LogP contribution < -0.4 is 16.1 Å². The Morgan fingerprint density at radius 1 is 1.15 bits per heavy atom. The third-order valence-corrected chi connectivity index (χ3v) is 12.9. The second kappa shape index (κ2) is 18.4. The van der Waals surface area contributed by atoms with Crippen molar-refractivity contribution in [2.24, 2.45) is 11.3 Å². The number of aromatic hydroxyl groups is 1. The number of pyridine rings is 1. The van der Waals surface area contributed by atoms with Crippen molar-refractivity contribution in [1.29, 1.82) is 0 Å². The van der Waals surface area contributed by atoms with E-state index in [-0.39, 0.29) is 43.6 Å². The zero-order valence-corrected chi connectivity index (χ0v) is 37.5. The minimum atomic E-state index is -1.70. The first-order valence-corrected chi connectivity index (χ1v) is 22.1. The molecule has 7 rings (SSSR count). The van der Waals surface area contributed by atoms with Crippen molar-refractivity contribution in [1.82, 2.24) is 35.5 Å². The summed E-state index contributed by atoms with van der Waals surface area (Å²) in [5.74, 6) is -2.91. The number of fused-ring (bicyclic) bond motifs is 6. The van der Waals surface area contributed by atoms with E-state index in [0.717, 1.165) is 44.5 Å². The summed E-state index contributed by atoms with van der Waals surface area (Å²) in [5, 5.41) is 19.9. The van der Waals surface area contributed by atoms with Gasteiger partial charge >= 0.3 is 6.17 Å². The molecule has 1 unspecified atom stereocenters. The quantitative estimate of drug-likeness (QED) is 0.136. The third-order valence-electron chi connectivity index (χ3n) is 12.9. The number of amides is 2. The summed E-state index contributed by atoms with van der Waals surface area (Å²) in [4.78, 5) is 55.7. The molecule has 2 amide bonds. The van der Waals surface area contributed by atoms with E-state index in [1.807, 2.05) is 39.0 Å². The molecule has 3 aliphatic heterocycles. The van der Waals surface area contributed by atoms with Crippen LogP contribution in [0, 0.1) is 16.2 Å². The standard InChI is InChI=1S/C47H63FN8O6/c1-9-54-39-15-14-32-26-36(39)37(43(54)35-12-10-18-50-41(35)30(4)61-8)27-46(5,6)28-62-56(60)40-13-11-21-55(52-40)45(59)38(24-31-22-33(32)25-34(57)23-31)51-44(58)42(29(2)3)53(7)47(48)16-19-49-20-17-47/h10,12,14-15,18,22-23,25-26,29-30,38,40,42,49,52H,9,11,13,16-17,19-21,24,27-28H2,1-8H3,(H-,51,57,58)/p+1/t30-,38?,40+,42-/m0/s1. The summed E-state index contributed by atoms with van der Waals surface area (Å²) < 4.78 is 24.5. The first kappa shape index (κ1) is 45.1. The molecule has 62 heavy (non-hydrogen) atoms. The minimum absolute atomic E-state index is 0.00614. The Morgan fingerprint density at radius 3 is 2.61 bits per heavy atom. The predicted octanol–water partition coefficient (Wildman–Crippen LogP) is 6.58. The van der Waals surface area contributed by atoms with Gasteiger partial charge in [0.15, 0.2) is 12.4 Å². The molecule has 4 aromatic rings. The highest BCUT2D eigenvalue weighted by molar-refractivity contribution is 5.95. The maximum Gasteiger partial charge on any atom is 0.326 e. The van der Waals surface area contributed by atoms with Gasteiger partial charge in [0.2, 0.25) is 10.8 Å². The average Bonchev–Trinajstić information content (AvgIpc) is 3.55. The summed E-state index contributed by atoms with van der Waals surface area (Å²) in [7, 11) is 3.31. The van der Waals surface area contributed by atoms with E-state index in [1.54, 1.807) is 32.5 Å². The van der Waals surface area contributed by atoms with E-state index < -0.39 is 41.3 Å². The fourth-order valence-electron chi connectivity index (χ4n) is 9.59. The van der Waals surface area contributed by atoms with E-state index in [0.29, 0.717) is 55.9 Å². The number of hydrogen-bond donors (Lipinski definition) is 4. The number of methoxy groups -OCH3 is 1. The van der Waals surface area contributed by atoms with Gasteiger partial charge in [-0.2, -0.15) is 5.43 Å². The number of piperidine rings is 1. The van der Waals surface area contributed by atoms with Crippen LogP contribution in [0.5, 0.6) is 5.75 Å². The maximum absolute atomic E-state index is 16.4.